The highest BCUT2D eigenvalue weighted by Crippen LogP contribution is 2.15. The summed E-state index contributed by atoms with van der Waals surface area (Å²) in [5.74, 6) is 0. The minimum absolute atomic E-state index is 0.236. The molecule has 20 heavy (non-hydrogen) atoms. The van der Waals surface area contributed by atoms with Crippen molar-refractivity contribution >= 4 is 17.4 Å². The molecule has 0 unspecified atom stereocenters. The van der Waals surface area contributed by atoms with Crippen molar-refractivity contribution in [1.29, 1.82) is 0 Å². The Bertz CT molecular complexity index is 555. The van der Waals surface area contributed by atoms with Crippen LogP contribution in [0.3, 0.4) is 0 Å². The van der Waals surface area contributed by atoms with Crippen LogP contribution in [0, 0.1) is 0 Å². The number of carbonyl (C=O) groups is 1. The summed E-state index contributed by atoms with van der Waals surface area (Å²) >= 11 is 0. The van der Waals surface area contributed by atoms with E-state index in [2.05, 4.69) is 22.9 Å². The Morgan fingerprint density at radius 1 is 0.950 bits per heavy atom. The molecule has 4 heteroatoms. The largest absolute Gasteiger partial charge is 0.323 e. The second-order valence-electron chi connectivity index (χ2n) is 4.38. The van der Waals surface area contributed by atoms with Crippen LogP contribution in [0.25, 0.3) is 0 Å². The fourth-order valence-electron chi connectivity index (χ4n) is 1.86. The fourth-order valence-corrected chi connectivity index (χ4v) is 1.86. The number of benzene rings is 2. The lowest BCUT2D eigenvalue weighted by atomic mass is 10.2. The summed E-state index contributed by atoms with van der Waals surface area (Å²) < 4.78 is 0. The molecule has 4 nitrogen and oxygen atoms in total. The van der Waals surface area contributed by atoms with Gasteiger partial charge in [0, 0.05) is 17.9 Å². The molecule has 0 spiro atoms. The van der Waals surface area contributed by atoms with Gasteiger partial charge in [-0.15, -0.1) is 0 Å². The molecule has 2 rings (SSSR count). The third-order valence-corrected chi connectivity index (χ3v) is 2.86. The summed E-state index contributed by atoms with van der Waals surface area (Å²) in [6, 6.07) is 16.9. The number of nitrogens with one attached hydrogen (secondary N) is 3. The quantitative estimate of drug-likeness (QED) is 0.778. The standard InChI is InChI=1S/C16H19N3O/c1-2-17-12-13-8-6-7-11-15(13)19-16(20)18-14-9-4-3-5-10-14/h3-11,17H,2,12H2,1H3,(H2,18,19,20). The maximum Gasteiger partial charge on any atom is 0.323 e. The van der Waals surface area contributed by atoms with E-state index in [9.17, 15) is 4.79 Å². The van der Waals surface area contributed by atoms with E-state index in [4.69, 9.17) is 0 Å². The Morgan fingerprint density at radius 3 is 2.40 bits per heavy atom. The van der Waals surface area contributed by atoms with Gasteiger partial charge in [0.05, 0.1) is 0 Å². The maximum absolute atomic E-state index is 12.0. The molecule has 0 bridgehead atoms. The number of urea groups is 1. The molecular formula is C16H19N3O. The fraction of sp³-hybridized carbons (Fsp3) is 0.188. The lowest BCUT2D eigenvalue weighted by molar-refractivity contribution is 0.262. The number of hydrogen-bond acceptors (Lipinski definition) is 2. The second kappa shape index (κ2) is 7.31. The van der Waals surface area contributed by atoms with Gasteiger partial charge in [0.2, 0.25) is 0 Å². The molecule has 2 amide bonds. The third-order valence-electron chi connectivity index (χ3n) is 2.86. The zero-order chi connectivity index (χ0) is 14.2. The predicted octanol–water partition coefficient (Wildman–Crippen LogP) is 3.44. The van der Waals surface area contributed by atoms with Crippen molar-refractivity contribution in [2.24, 2.45) is 0 Å². The Hall–Kier alpha value is -2.33. The zero-order valence-corrected chi connectivity index (χ0v) is 11.5. The Balaban J connectivity index is 2.00. The van der Waals surface area contributed by atoms with Gasteiger partial charge in [0.25, 0.3) is 0 Å². The molecule has 0 atom stereocenters. The summed E-state index contributed by atoms with van der Waals surface area (Å²) in [4.78, 5) is 12.0. The van der Waals surface area contributed by atoms with Crippen LogP contribution in [0.4, 0.5) is 16.2 Å². The molecule has 0 saturated carbocycles. The molecule has 0 radical (unpaired) electrons. The van der Waals surface area contributed by atoms with E-state index in [1.165, 1.54) is 0 Å². The number of hydrogen-bond donors (Lipinski definition) is 3. The molecule has 0 saturated heterocycles. The van der Waals surface area contributed by atoms with E-state index < -0.39 is 0 Å². The van der Waals surface area contributed by atoms with Crippen molar-refractivity contribution in [2.75, 3.05) is 17.2 Å². The molecule has 0 aliphatic heterocycles. The third kappa shape index (κ3) is 4.10. The number of rotatable bonds is 5. The first kappa shape index (κ1) is 14.1. The highest BCUT2D eigenvalue weighted by molar-refractivity contribution is 6.00. The van der Waals surface area contributed by atoms with E-state index in [1.54, 1.807) is 0 Å². The van der Waals surface area contributed by atoms with Crippen LogP contribution in [0.5, 0.6) is 0 Å². The van der Waals surface area contributed by atoms with Gasteiger partial charge < -0.3 is 16.0 Å². The van der Waals surface area contributed by atoms with E-state index >= 15 is 0 Å². The predicted molar refractivity (Wildman–Crippen MR) is 82.9 cm³/mol. The van der Waals surface area contributed by atoms with Gasteiger partial charge in [0.1, 0.15) is 0 Å². The zero-order valence-electron chi connectivity index (χ0n) is 11.5. The molecular weight excluding hydrogens is 250 g/mol. The first-order valence-corrected chi connectivity index (χ1v) is 6.71. The highest BCUT2D eigenvalue weighted by Gasteiger charge is 2.06. The van der Waals surface area contributed by atoms with Crippen LogP contribution in [-0.2, 0) is 6.54 Å². The van der Waals surface area contributed by atoms with E-state index in [1.807, 2.05) is 54.6 Å². The summed E-state index contributed by atoms with van der Waals surface area (Å²) in [6.07, 6.45) is 0. The lowest BCUT2D eigenvalue weighted by Gasteiger charge is -2.12. The van der Waals surface area contributed by atoms with Crippen molar-refractivity contribution in [2.45, 2.75) is 13.5 Å². The Labute approximate surface area is 119 Å². The van der Waals surface area contributed by atoms with Gasteiger partial charge in [0.15, 0.2) is 0 Å². The highest BCUT2D eigenvalue weighted by atomic mass is 16.2. The van der Waals surface area contributed by atoms with E-state index in [0.29, 0.717) is 0 Å². The molecule has 2 aromatic rings. The molecule has 0 heterocycles. The van der Waals surface area contributed by atoms with Gasteiger partial charge in [-0.1, -0.05) is 43.3 Å². The minimum atomic E-state index is -0.236. The van der Waals surface area contributed by atoms with Crippen molar-refractivity contribution in [1.82, 2.24) is 5.32 Å². The van der Waals surface area contributed by atoms with Crippen molar-refractivity contribution in [3.05, 3.63) is 60.2 Å². The summed E-state index contributed by atoms with van der Waals surface area (Å²) in [7, 11) is 0. The van der Waals surface area contributed by atoms with Gasteiger partial charge in [-0.3, -0.25) is 0 Å². The van der Waals surface area contributed by atoms with Crippen LogP contribution in [0.15, 0.2) is 54.6 Å². The lowest BCUT2D eigenvalue weighted by Crippen LogP contribution is -2.21. The van der Waals surface area contributed by atoms with Gasteiger partial charge in [-0.05, 0) is 30.3 Å². The summed E-state index contributed by atoms with van der Waals surface area (Å²) in [5.41, 5.74) is 2.66. The van der Waals surface area contributed by atoms with E-state index in [0.717, 1.165) is 30.0 Å². The Kier molecular flexibility index (Phi) is 5.15. The molecule has 2 aromatic carbocycles. The SMILES string of the molecule is CCNCc1ccccc1NC(=O)Nc1ccccc1. The van der Waals surface area contributed by atoms with Gasteiger partial charge in [-0.2, -0.15) is 0 Å². The number of amides is 2. The first-order chi connectivity index (χ1) is 9.79. The van der Waals surface area contributed by atoms with Crippen LogP contribution in [0.1, 0.15) is 12.5 Å². The minimum Gasteiger partial charge on any atom is -0.313 e. The van der Waals surface area contributed by atoms with E-state index in [-0.39, 0.29) is 6.03 Å². The molecule has 0 aliphatic carbocycles. The average Bonchev–Trinajstić information content (AvgIpc) is 2.47. The monoisotopic (exact) mass is 269 g/mol. The van der Waals surface area contributed by atoms with Crippen molar-refractivity contribution < 1.29 is 4.79 Å². The van der Waals surface area contributed by atoms with Gasteiger partial charge in [-0.25, -0.2) is 4.79 Å². The first-order valence-electron chi connectivity index (χ1n) is 6.71. The normalized spacial score (nSPS) is 10.1. The van der Waals surface area contributed by atoms with Crippen molar-refractivity contribution in [3.8, 4) is 0 Å². The van der Waals surface area contributed by atoms with Crippen LogP contribution in [-0.4, -0.2) is 12.6 Å². The van der Waals surface area contributed by atoms with Crippen LogP contribution < -0.4 is 16.0 Å². The molecule has 3 N–H and O–H groups in total. The molecule has 0 aliphatic rings. The topological polar surface area (TPSA) is 53.2 Å². The summed E-state index contributed by atoms with van der Waals surface area (Å²) in [6.45, 7) is 3.68. The Morgan fingerprint density at radius 2 is 1.65 bits per heavy atom. The number of carbonyl (C=O) groups excluding carboxylic acids is 1. The molecule has 0 fully saturated rings. The number of para-hydroxylation sites is 2. The van der Waals surface area contributed by atoms with Gasteiger partial charge >= 0.3 is 6.03 Å². The second-order valence-corrected chi connectivity index (χ2v) is 4.38. The van der Waals surface area contributed by atoms with Crippen LogP contribution in [0.2, 0.25) is 0 Å². The molecule has 104 valence electrons. The smallest absolute Gasteiger partial charge is 0.313 e. The average molecular weight is 269 g/mol. The number of anilines is 2. The van der Waals surface area contributed by atoms with Crippen molar-refractivity contribution in [3.63, 3.8) is 0 Å². The summed E-state index contributed by atoms with van der Waals surface area (Å²) in [5, 5.41) is 8.94. The van der Waals surface area contributed by atoms with Crippen LogP contribution >= 0.6 is 0 Å². The molecule has 0 aromatic heterocycles. The maximum atomic E-state index is 12.0.